The van der Waals surface area contributed by atoms with E-state index >= 15 is 0 Å². The van der Waals surface area contributed by atoms with Gasteiger partial charge in [-0.2, -0.15) is 10.2 Å². The third-order valence-corrected chi connectivity index (χ3v) is 7.95. The maximum absolute atomic E-state index is 13.5. The van der Waals surface area contributed by atoms with Gasteiger partial charge in [0.1, 0.15) is 0 Å². The number of nitrogens with one attached hydrogen (secondary N) is 2. The lowest BCUT2D eigenvalue weighted by molar-refractivity contribution is 0.163. The smallest absolute Gasteiger partial charge is 0.275 e. The van der Waals surface area contributed by atoms with Crippen molar-refractivity contribution in [1.82, 2.24) is 29.4 Å². The molecule has 0 radical (unpaired) electrons. The second-order valence-electron chi connectivity index (χ2n) is 11.1. The van der Waals surface area contributed by atoms with Crippen LogP contribution in [0.2, 0.25) is 0 Å². The first kappa shape index (κ1) is 29.7. The molecule has 1 aliphatic rings. The number of fused-ring (bicyclic) bond motifs is 2. The van der Waals surface area contributed by atoms with Crippen LogP contribution in [0.15, 0.2) is 52.1 Å². The fourth-order valence-electron chi connectivity index (χ4n) is 5.51. The number of benzene rings is 2. The van der Waals surface area contributed by atoms with Crippen molar-refractivity contribution in [2.45, 2.75) is 25.8 Å². The van der Waals surface area contributed by atoms with Gasteiger partial charge in [-0.25, -0.2) is 9.36 Å². The number of anilines is 2. The average Bonchev–Trinajstić information content (AvgIpc) is 3.01. The third-order valence-electron chi connectivity index (χ3n) is 7.95. The number of likely N-dealkylation sites (N-methyl/N-ethyl adjacent to an activating group) is 1. The van der Waals surface area contributed by atoms with Crippen molar-refractivity contribution in [2.75, 3.05) is 77.2 Å². The minimum Gasteiger partial charge on any atom is -0.383 e. The predicted molar refractivity (Wildman–Crippen MR) is 169 cm³/mol. The molecule has 11 heteroatoms. The molecular weight excluding hydrogens is 532 g/mol. The number of hydrogen-bond donors (Lipinski definition) is 2. The first-order valence-corrected chi connectivity index (χ1v) is 14.8. The summed E-state index contributed by atoms with van der Waals surface area (Å²) >= 11 is 0. The molecule has 0 unspecified atom stereocenters. The summed E-state index contributed by atoms with van der Waals surface area (Å²) in [5.74, 6) is 1.35. The summed E-state index contributed by atoms with van der Waals surface area (Å²) in [4.78, 5) is 31.2. The van der Waals surface area contributed by atoms with E-state index in [1.165, 1.54) is 28.6 Å². The maximum Gasteiger partial charge on any atom is 0.275 e. The Morgan fingerprint density at radius 1 is 0.857 bits per heavy atom. The molecule has 0 bridgehead atoms. The number of hydrogen-bond acceptors (Lipinski definition) is 9. The molecule has 2 N–H and O–H groups in total. The van der Waals surface area contributed by atoms with Crippen molar-refractivity contribution in [3.05, 3.63) is 68.7 Å². The Bertz CT molecular complexity index is 1630. The number of piperidine rings is 1. The molecule has 0 amide bonds. The van der Waals surface area contributed by atoms with Crippen LogP contribution < -0.4 is 21.8 Å². The highest BCUT2D eigenvalue weighted by Gasteiger charge is 2.15. The van der Waals surface area contributed by atoms with E-state index in [2.05, 4.69) is 25.5 Å². The lowest BCUT2D eigenvalue weighted by Crippen LogP contribution is -2.34. The van der Waals surface area contributed by atoms with Crippen molar-refractivity contribution in [1.29, 1.82) is 0 Å². The van der Waals surface area contributed by atoms with E-state index in [-0.39, 0.29) is 17.7 Å². The van der Waals surface area contributed by atoms with Gasteiger partial charge in [-0.3, -0.25) is 9.59 Å². The molecule has 224 valence electrons. The first-order chi connectivity index (χ1) is 20.4. The average molecular weight is 575 g/mol. The fourth-order valence-corrected chi connectivity index (χ4v) is 5.51. The zero-order valence-electron chi connectivity index (χ0n) is 24.9. The van der Waals surface area contributed by atoms with Crippen LogP contribution in [-0.4, -0.2) is 95.9 Å². The van der Waals surface area contributed by atoms with Crippen LogP contribution in [0.5, 0.6) is 0 Å². The van der Waals surface area contributed by atoms with Crippen molar-refractivity contribution < 1.29 is 4.74 Å². The standard InChI is InChI=1S/C31H42N8O3/c1-36(19-20-42-3)17-13-32-28-25-12-11-23(21-27(25)30(40)37(2)34-28)22-39-31(41)26-10-6-5-9-24(26)29(35-39)33-14-18-38-15-7-4-8-16-38/h5-6,9-12,21H,4,7-8,13-20,22H2,1-3H3,(H,32,34)(H,33,35). The molecule has 0 saturated carbocycles. The van der Waals surface area contributed by atoms with Crippen LogP contribution >= 0.6 is 0 Å². The predicted octanol–water partition coefficient (Wildman–Crippen LogP) is 2.58. The summed E-state index contributed by atoms with van der Waals surface area (Å²) < 4.78 is 8.00. The molecule has 1 aliphatic heterocycles. The second kappa shape index (κ2) is 13.9. The van der Waals surface area contributed by atoms with Gasteiger partial charge in [0, 0.05) is 57.7 Å². The van der Waals surface area contributed by atoms with E-state index < -0.39 is 0 Å². The molecule has 0 atom stereocenters. The van der Waals surface area contributed by atoms with Gasteiger partial charge in [-0.1, -0.05) is 36.8 Å². The van der Waals surface area contributed by atoms with Gasteiger partial charge in [0.05, 0.1) is 23.9 Å². The van der Waals surface area contributed by atoms with Crippen molar-refractivity contribution in [2.24, 2.45) is 7.05 Å². The number of likely N-dealkylation sites (tertiary alicyclic amines) is 1. The Hall–Kier alpha value is -3.80. The second-order valence-corrected chi connectivity index (χ2v) is 11.1. The highest BCUT2D eigenvalue weighted by atomic mass is 16.5. The maximum atomic E-state index is 13.5. The van der Waals surface area contributed by atoms with E-state index in [1.54, 1.807) is 14.2 Å². The lowest BCUT2D eigenvalue weighted by atomic mass is 10.1. The van der Waals surface area contributed by atoms with Gasteiger partial charge in [0.25, 0.3) is 11.1 Å². The Morgan fingerprint density at radius 3 is 2.36 bits per heavy atom. The molecule has 1 fully saturated rings. The van der Waals surface area contributed by atoms with Gasteiger partial charge in [0.15, 0.2) is 11.6 Å². The highest BCUT2D eigenvalue weighted by molar-refractivity contribution is 5.92. The number of rotatable bonds is 13. The Balaban J connectivity index is 1.38. The molecule has 42 heavy (non-hydrogen) atoms. The minimum absolute atomic E-state index is 0.158. The molecule has 11 nitrogen and oxygen atoms in total. The molecule has 2 aromatic heterocycles. The van der Waals surface area contributed by atoms with Crippen molar-refractivity contribution >= 4 is 33.2 Å². The summed E-state index contributed by atoms with van der Waals surface area (Å²) in [5, 5.41) is 18.8. The zero-order chi connectivity index (χ0) is 29.5. The number of methoxy groups -OCH3 is 1. The van der Waals surface area contributed by atoms with E-state index in [9.17, 15) is 9.59 Å². The molecule has 1 saturated heterocycles. The normalized spacial score (nSPS) is 14.2. The van der Waals surface area contributed by atoms with Crippen LogP contribution in [0.4, 0.5) is 11.6 Å². The number of aryl methyl sites for hydroxylation is 1. The van der Waals surface area contributed by atoms with Crippen LogP contribution in [0.25, 0.3) is 21.5 Å². The van der Waals surface area contributed by atoms with Crippen molar-refractivity contribution in [3.63, 3.8) is 0 Å². The first-order valence-electron chi connectivity index (χ1n) is 14.8. The molecule has 0 spiro atoms. The molecular formula is C31H42N8O3. The monoisotopic (exact) mass is 574 g/mol. The van der Waals surface area contributed by atoms with Gasteiger partial charge in [-0.05, 0) is 50.7 Å². The van der Waals surface area contributed by atoms with Crippen LogP contribution in [0.1, 0.15) is 24.8 Å². The Morgan fingerprint density at radius 2 is 1.57 bits per heavy atom. The van der Waals surface area contributed by atoms with Crippen LogP contribution in [0.3, 0.4) is 0 Å². The summed E-state index contributed by atoms with van der Waals surface area (Å²) in [6.07, 6.45) is 3.81. The Kier molecular flexibility index (Phi) is 9.83. The molecule has 3 heterocycles. The summed E-state index contributed by atoms with van der Waals surface area (Å²) in [7, 11) is 5.39. The zero-order valence-corrected chi connectivity index (χ0v) is 24.9. The number of aromatic nitrogens is 4. The number of nitrogens with zero attached hydrogens (tertiary/aromatic N) is 6. The van der Waals surface area contributed by atoms with Gasteiger partial charge >= 0.3 is 0 Å². The highest BCUT2D eigenvalue weighted by Crippen LogP contribution is 2.21. The quantitative estimate of drug-likeness (QED) is 0.249. The van der Waals surface area contributed by atoms with Crippen LogP contribution in [-0.2, 0) is 18.3 Å². The van der Waals surface area contributed by atoms with E-state index in [0.717, 1.165) is 55.6 Å². The van der Waals surface area contributed by atoms with Gasteiger partial charge < -0.3 is 25.2 Å². The van der Waals surface area contributed by atoms with E-state index in [0.29, 0.717) is 35.6 Å². The summed E-state index contributed by atoms with van der Waals surface area (Å²) in [6.45, 7) is 7.20. The summed E-state index contributed by atoms with van der Waals surface area (Å²) in [5.41, 5.74) is 0.476. The molecule has 0 aliphatic carbocycles. The topological polar surface area (TPSA) is 110 Å². The molecule has 2 aromatic carbocycles. The number of ether oxygens (including phenoxy) is 1. The minimum atomic E-state index is -0.187. The largest absolute Gasteiger partial charge is 0.383 e. The van der Waals surface area contributed by atoms with E-state index in [4.69, 9.17) is 9.84 Å². The van der Waals surface area contributed by atoms with Crippen LogP contribution in [0, 0.1) is 0 Å². The van der Waals surface area contributed by atoms with E-state index in [1.807, 2.05) is 49.5 Å². The molecule has 4 aromatic rings. The van der Waals surface area contributed by atoms with Crippen molar-refractivity contribution in [3.8, 4) is 0 Å². The summed E-state index contributed by atoms with van der Waals surface area (Å²) in [6, 6.07) is 13.3. The fraction of sp³-hybridized carbons (Fsp3) is 0.484. The molecule has 5 rings (SSSR count). The van der Waals surface area contributed by atoms with Gasteiger partial charge in [0.2, 0.25) is 0 Å². The SMILES string of the molecule is COCCN(C)CCNc1nn(C)c(=O)c2cc(Cn3nc(NCCN4CCCCC4)c4ccccc4c3=O)ccc12. The third kappa shape index (κ3) is 6.97. The lowest BCUT2D eigenvalue weighted by Gasteiger charge is -2.26. The Labute approximate surface area is 246 Å². The van der Waals surface area contributed by atoms with Gasteiger partial charge in [-0.15, -0.1) is 0 Å².